The largest absolute Gasteiger partial charge is 0.396 e. The van der Waals surface area contributed by atoms with Crippen LogP contribution in [0, 0.1) is 11.8 Å². The van der Waals surface area contributed by atoms with E-state index in [1.165, 1.54) is 18.5 Å². The summed E-state index contributed by atoms with van der Waals surface area (Å²) >= 11 is 0. The molecule has 4 aliphatic heterocycles. The first-order valence-electron chi connectivity index (χ1n) is 11.8. The van der Waals surface area contributed by atoms with Crippen LogP contribution in [0.2, 0.25) is 0 Å². The summed E-state index contributed by atoms with van der Waals surface area (Å²) in [5.74, 6) is 2.21. The van der Waals surface area contributed by atoms with E-state index in [1.54, 1.807) is 6.20 Å². The minimum atomic E-state index is 0.212. The second kappa shape index (κ2) is 7.71. The van der Waals surface area contributed by atoms with Crippen LogP contribution in [0.4, 0.5) is 5.82 Å². The van der Waals surface area contributed by atoms with Crippen molar-refractivity contribution in [3.8, 4) is 0 Å². The number of aromatic nitrogens is 3. The number of piperidine rings is 2. The lowest BCUT2D eigenvalue weighted by Gasteiger charge is -2.43. The summed E-state index contributed by atoms with van der Waals surface area (Å²) in [5.41, 5.74) is 2.33. The van der Waals surface area contributed by atoms with E-state index < -0.39 is 0 Å². The second-order valence-corrected chi connectivity index (χ2v) is 10.1. The topological polar surface area (TPSA) is 74.5 Å². The summed E-state index contributed by atoms with van der Waals surface area (Å²) in [6.45, 7) is 3.69. The van der Waals surface area contributed by atoms with Crippen molar-refractivity contribution in [3.63, 3.8) is 0 Å². The Morgan fingerprint density at radius 1 is 1.03 bits per heavy atom. The van der Waals surface area contributed by atoms with Gasteiger partial charge in [0.15, 0.2) is 5.82 Å². The smallest absolute Gasteiger partial charge is 0.255 e. The molecule has 31 heavy (non-hydrogen) atoms. The average Bonchev–Trinajstić information content (AvgIpc) is 3.03. The van der Waals surface area contributed by atoms with Crippen molar-refractivity contribution in [2.24, 2.45) is 11.8 Å². The van der Waals surface area contributed by atoms with Crippen molar-refractivity contribution in [3.05, 3.63) is 52.1 Å². The van der Waals surface area contributed by atoms with E-state index in [0.29, 0.717) is 36.4 Å². The minimum absolute atomic E-state index is 0.212. The van der Waals surface area contributed by atoms with E-state index in [1.807, 2.05) is 12.1 Å². The Morgan fingerprint density at radius 2 is 1.87 bits per heavy atom. The van der Waals surface area contributed by atoms with E-state index in [2.05, 4.69) is 36.7 Å². The number of anilines is 1. The molecular formula is C24H31N5O2. The molecule has 3 saturated heterocycles. The number of hydrogen-bond donors (Lipinski definition) is 1. The van der Waals surface area contributed by atoms with Crippen molar-refractivity contribution in [1.29, 1.82) is 0 Å². The van der Waals surface area contributed by atoms with Gasteiger partial charge in [0.25, 0.3) is 5.56 Å². The Labute approximate surface area is 182 Å². The third-order valence-corrected chi connectivity index (χ3v) is 8.16. The van der Waals surface area contributed by atoms with E-state index in [9.17, 15) is 9.90 Å². The molecule has 0 saturated carbocycles. The molecule has 0 aliphatic carbocycles. The van der Waals surface area contributed by atoms with Gasteiger partial charge in [0, 0.05) is 68.2 Å². The number of aliphatic hydroxyl groups is 1. The lowest BCUT2D eigenvalue weighted by atomic mass is 9.83. The van der Waals surface area contributed by atoms with Crippen LogP contribution in [0.5, 0.6) is 0 Å². The SMILES string of the molecule is O=c1c(CN2[C@@H]3CC[C@H]2CC(CO)C3)ccc2n1C[C@H]1C[C@@H]2CN(c2cccnn2)C1. The molecule has 1 unspecified atom stereocenters. The van der Waals surface area contributed by atoms with Gasteiger partial charge in [-0.1, -0.05) is 6.07 Å². The molecule has 6 heterocycles. The van der Waals surface area contributed by atoms with Gasteiger partial charge < -0.3 is 14.6 Å². The maximum atomic E-state index is 13.5. The Morgan fingerprint density at radius 3 is 2.61 bits per heavy atom. The highest BCUT2D eigenvalue weighted by atomic mass is 16.3. The Bertz CT molecular complexity index is 995. The summed E-state index contributed by atoms with van der Waals surface area (Å²) in [6, 6.07) is 9.31. The molecule has 0 radical (unpaired) electrons. The number of rotatable bonds is 4. The molecule has 3 fully saturated rings. The molecule has 2 aromatic heterocycles. The summed E-state index contributed by atoms with van der Waals surface area (Å²) in [6.07, 6.45) is 7.41. The molecule has 6 rings (SSSR count). The molecule has 0 amide bonds. The maximum absolute atomic E-state index is 13.5. The molecule has 7 heteroatoms. The first kappa shape index (κ1) is 19.4. The highest BCUT2D eigenvalue weighted by molar-refractivity contribution is 5.39. The van der Waals surface area contributed by atoms with Crippen molar-refractivity contribution in [1.82, 2.24) is 19.7 Å². The van der Waals surface area contributed by atoms with Crippen molar-refractivity contribution in [2.75, 3.05) is 24.6 Å². The van der Waals surface area contributed by atoms with Crippen molar-refractivity contribution < 1.29 is 5.11 Å². The highest BCUT2D eigenvalue weighted by Gasteiger charge is 2.41. The zero-order valence-electron chi connectivity index (χ0n) is 17.9. The van der Waals surface area contributed by atoms with Crippen molar-refractivity contribution in [2.45, 2.75) is 63.2 Å². The van der Waals surface area contributed by atoms with Gasteiger partial charge >= 0.3 is 0 Å². The Kier molecular flexibility index (Phi) is 4.83. The quantitative estimate of drug-likeness (QED) is 0.814. The van der Waals surface area contributed by atoms with Crippen LogP contribution in [0.15, 0.2) is 35.3 Å². The van der Waals surface area contributed by atoms with Crippen LogP contribution >= 0.6 is 0 Å². The normalized spacial score (nSPS) is 32.2. The maximum Gasteiger partial charge on any atom is 0.255 e. The third-order valence-electron chi connectivity index (χ3n) is 8.16. The molecule has 2 aromatic rings. The van der Waals surface area contributed by atoms with E-state index in [-0.39, 0.29) is 5.56 Å². The predicted molar refractivity (Wildman–Crippen MR) is 118 cm³/mol. The monoisotopic (exact) mass is 421 g/mol. The standard InChI is InChI=1S/C24H31N5O2/c30-15-16-9-20-4-5-21(10-16)28(20)14-18-3-6-22-19-8-17(12-29(22)24(18)31)11-27(13-19)23-2-1-7-25-26-23/h1-3,6-7,16-17,19-21,30H,4-5,8-15H2/t16?,17-,19+,20-,21+/m0/s1. The van der Waals surface area contributed by atoms with Crippen LogP contribution in [-0.2, 0) is 13.1 Å². The molecule has 7 nitrogen and oxygen atoms in total. The van der Waals surface area contributed by atoms with Gasteiger partial charge in [-0.15, -0.1) is 5.10 Å². The van der Waals surface area contributed by atoms with E-state index in [0.717, 1.165) is 56.8 Å². The minimum Gasteiger partial charge on any atom is -0.396 e. The lowest BCUT2D eigenvalue weighted by Crippen LogP contribution is -2.48. The summed E-state index contributed by atoms with van der Waals surface area (Å²) < 4.78 is 2.07. The predicted octanol–water partition coefficient (Wildman–Crippen LogP) is 2.00. The van der Waals surface area contributed by atoms with Crippen molar-refractivity contribution >= 4 is 5.82 Å². The van der Waals surface area contributed by atoms with E-state index >= 15 is 0 Å². The van der Waals surface area contributed by atoms with Gasteiger partial charge in [-0.25, -0.2) is 0 Å². The second-order valence-electron chi connectivity index (χ2n) is 10.1. The van der Waals surface area contributed by atoms with Gasteiger partial charge in [-0.3, -0.25) is 9.69 Å². The number of pyridine rings is 1. The third kappa shape index (κ3) is 3.38. The highest BCUT2D eigenvalue weighted by Crippen LogP contribution is 2.40. The van der Waals surface area contributed by atoms with Crippen LogP contribution in [0.25, 0.3) is 0 Å². The molecule has 0 aromatic carbocycles. The van der Waals surface area contributed by atoms with Crippen LogP contribution in [0.3, 0.4) is 0 Å². The number of hydrogen-bond acceptors (Lipinski definition) is 6. The average molecular weight is 422 g/mol. The summed E-state index contributed by atoms with van der Waals surface area (Å²) in [7, 11) is 0. The van der Waals surface area contributed by atoms with Gasteiger partial charge in [-0.05, 0) is 62.1 Å². The Balaban J connectivity index is 1.24. The zero-order valence-corrected chi connectivity index (χ0v) is 17.9. The van der Waals surface area contributed by atoms with Gasteiger partial charge in [0.2, 0.25) is 0 Å². The number of nitrogens with zero attached hydrogens (tertiary/aromatic N) is 5. The fourth-order valence-corrected chi connectivity index (χ4v) is 6.75. The lowest BCUT2D eigenvalue weighted by molar-refractivity contribution is 0.0678. The molecule has 4 bridgehead atoms. The van der Waals surface area contributed by atoms with Gasteiger partial charge in [0.05, 0.1) is 0 Å². The van der Waals surface area contributed by atoms with Crippen LogP contribution in [0.1, 0.15) is 49.3 Å². The molecule has 4 aliphatic rings. The van der Waals surface area contributed by atoms with Crippen LogP contribution in [-0.4, -0.2) is 56.6 Å². The zero-order chi connectivity index (χ0) is 20.9. The number of aliphatic hydroxyl groups excluding tert-OH is 1. The van der Waals surface area contributed by atoms with Gasteiger partial charge in [0.1, 0.15) is 0 Å². The molecule has 5 atom stereocenters. The van der Waals surface area contributed by atoms with E-state index in [4.69, 9.17) is 0 Å². The fraction of sp³-hybridized carbons (Fsp3) is 0.625. The van der Waals surface area contributed by atoms with Crippen LogP contribution < -0.4 is 10.5 Å². The van der Waals surface area contributed by atoms with Gasteiger partial charge in [-0.2, -0.15) is 5.10 Å². The molecule has 164 valence electrons. The fourth-order valence-electron chi connectivity index (χ4n) is 6.75. The first-order chi connectivity index (χ1) is 15.2. The Hall–Kier alpha value is -2.25. The molecular weight excluding hydrogens is 390 g/mol. The molecule has 0 spiro atoms. The summed E-state index contributed by atoms with van der Waals surface area (Å²) in [4.78, 5) is 18.4. The summed E-state index contributed by atoms with van der Waals surface area (Å²) in [5, 5.41) is 17.9. The first-order valence-corrected chi connectivity index (χ1v) is 11.8. The molecule has 1 N–H and O–H groups in total. The number of fused-ring (bicyclic) bond motifs is 6.